The van der Waals surface area contributed by atoms with E-state index >= 15 is 0 Å². The van der Waals surface area contributed by atoms with Crippen molar-refractivity contribution in [3.63, 3.8) is 0 Å². The molecule has 3 aliphatic rings. The van der Waals surface area contributed by atoms with Crippen LogP contribution >= 0.6 is 0 Å². The highest BCUT2D eigenvalue weighted by atomic mass is 15.1. The molecule has 0 spiro atoms. The second-order valence-corrected chi connectivity index (χ2v) is 11.6. The molecule has 5 aromatic carbocycles. The summed E-state index contributed by atoms with van der Waals surface area (Å²) in [6.45, 7) is 0. The van der Waals surface area contributed by atoms with E-state index in [0.29, 0.717) is 0 Å². The molecule has 0 amide bonds. The van der Waals surface area contributed by atoms with Gasteiger partial charge in [0.1, 0.15) is 6.17 Å². The van der Waals surface area contributed by atoms with Crippen LogP contribution in [0.3, 0.4) is 0 Å². The van der Waals surface area contributed by atoms with Crippen LogP contribution in [0.25, 0.3) is 45.2 Å². The number of hydrogen-bond donors (Lipinski definition) is 1. The highest BCUT2D eigenvalue weighted by Crippen LogP contribution is 2.46. The average molecular weight is 565 g/mol. The van der Waals surface area contributed by atoms with Gasteiger partial charge in [0, 0.05) is 11.9 Å². The largest absolute Gasteiger partial charge is 0.360 e. The predicted molar refractivity (Wildman–Crippen MR) is 186 cm³/mol. The Bertz CT molecular complexity index is 2000. The van der Waals surface area contributed by atoms with Crippen LogP contribution in [-0.4, -0.2) is 6.21 Å². The lowest BCUT2D eigenvalue weighted by Crippen LogP contribution is -2.21. The van der Waals surface area contributed by atoms with E-state index in [-0.39, 0.29) is 6.17 Å². The Morgan fingerprint density at radius 1 is 0.636 bits per heavy atom. The SMILES string of the molecule is C1=CC2=C(CC1)/C(=C\c1ccc(C3N=CC=C(c4cccc(-c5ccc(-c6ccccc6)cc5)c4)N3)cc1)c1ccccc12. The summed E-state index contributed by atoms with van der Waals surface area (Å²) < 4.78 is 0. The zero-order chi connectivity index (χ0) is 29.3. The van der Waals surface area contributed by atoms with Crippen molar-refractivity contribution < 1.29 is 0 Å². The van der Waals surface area contributed by atoms with E-state index in [0.717, 1.165) is 29.7 Å². The Hall–Kier alpha value is -5.47. The predicted octanol–water partition coefficient (Wildman–Crippen LogP) is 10.4. The van der Waals surface area contributed by atoms with Crippen molar-refractivity contribution in [1.82, 2.24) is 5.32 Å². The summed E-state index contributed by atoms with van der Waals surface area (Å²) in [5.74, 6) is 0. The fourth-order valence-electron chi connectivity index (χ4n) is 6.55. The molecule has 1 aliphatic heterocycles. The average Bonchev–Trinajstić information content (AvgIpc) is 3.42. The molecule has 8 rings (SSSR count). The van der Waals surface area contributed by atoms with Gasteiger partial charge in [-0.25, -0.2) is 0 Å². The van der Waals surface area contributed by atoms with E-state index in [9.17, 15) is 0 Å². The van der Waals surface area contributed by atoms with Gasteiger partial charge in [-0.3, -0.25) is 4.99 Å². The fraction of sp³-hybridized carbons (Fsp3) is 0.0714. The van der Waals surface area contributed by atoms with Gasteiger partial charge >= 0.3 is 0 Å². The molecular formula is C42H32N2. The van der Waals surface area contributed by atoms with E-state index in [1.54, 1.807) is 0 Å². The molecule has 0 bridgehead atoms. The van der Waals surface area contributed by atoms with Crippen LogP contribution in [0, 0.1) is 0 Å². The molecule has 210 valence electrons. The molecule has 1 N–H and O–H groups in total. The number of allylic oxidation sites excluding steroid dienone is 6. The second-order valence-electron chi connectivity index (χ2n) is 11.6. The quantitative estimate of drug-likeness (QED) is 0.226. The molecule has 0 fully saturated rings. The third-order valence-electron chi connectivity index (χ3n) is 8.83. The van der Waals surface area contributed by atoms with Crippen molar-refractivity contribution in [2.75, 3.05) is 0 Å². The Morgan fingerprint density at radius 3 is 2.14 bits per heavy atom. The molecule has 2 nitrogen and oxygen atoms in total. The summed E-state index contributed by atoms with van der Waals surface area (Å²) in [5, 5.41) is 3.67. The molecular weight excluding hydrogens is 532 g/mol. The van der Waals surface area contributed by atoms with E-state index in [4.69, 9.17) is 4.99 Å². The molecule has 0 aromatic heterocycles. The van der Waals surface area contributed by atoms with Gasteiger partial charge in [-0.1, -0.05) is 133 Å². The minimum atomic E-state index is -0.129. The van der Waals surface area contributed by atoms with Crippen LogP contribution in [0.5, 0.6) is 0 Å². The Morgan fingerprint density at radius 2 is 1.32 bits per heavy atom. The molecule has 2 aliphatic carbocycles. The summed E-state index contributed by atoms with van der Waals surface area (Å²) >= 11 is 0. The van der Waals surface area contributed by atoms with Gasteiger partial charge in [-0.05, 0) is 97.9 Å². The minimum Gasteiger partial charge on any atom is -0.360 e. The lowest BCUT2D eigenvalue weighted by molar-refractivity contribution is 0.667. The van der Waals surface area contributed by atoms with E-state index in [2.05, 4.69) is 157 Å². The van der Waals surface area contributed by atoms with Gasteiger partial charge in [-0.2, -0.15) is 0 Å². The molecule has 44 heavy (non-hydrogen) atoms. The molecule has 0 saturated carbocycles. The maximum absolute atomic E-state index is 4.77. The molecule has 0 saturated heterocycles. The van der Waals surface area contributed by atoms with E-state index < -0.39 is 0 Å². The third kappa shape index (κ3) is 4.95. The zero-order valence-corrected chi connectivity index (χ0v) is 24.4. The first-order chi connectivity index (χ1) is 21.8. The molecule has 1 atom stereocenters. The first-order valence-electron chi connectivity index (χ1n) is 15.4. The van der Waals surface area contributed by atoms with E-state index in [1.807, 2.05) is 6.21 Å². The summed E-state index contributed by atoms with van der Waals surface area (Å²) in [7, 11) is 0. The van der Waals surface area contributed by atoms with Crippen LogP contribution in [0.2, 0.25) is 0 Å². The fourth-order valence-corrected chi connectivity index (χ4v) is 6.55. The van der Waals surface area contributed by atoms with Gasteiger partial charge < -0.3 is 5.32 Å². The maximum Gasteiger partial charge on any atom is 0.144 e. The number of fused-ring (bicyclic) bond motifs is 2. The molecule has 0 radical (unpaired) electrons. The molecule has 5 aromatic rings. The Balaban J connectivity index is 1.00. The van der Waals surface area contributed by atoms with Gasteiger partial charge in [0.25, 0.3) is 0 Å². The number of rotatable bonds is 5. The minimum absolute atomic E-state index is 0.129. The van der Waals surface area contributed by atoms with Gasteiger partial charge in [0.05, 0.1) is 0 Å². The highest BCUT2D eigenvalue weighted by Gasteiger charge is 2.25. The summed E-state index contributed by atoms with van der Waals surface area (Å²) in [6, 6.07) is 45.7. The van der Waals surface area contributed by atoms with Crippen LogP contribution in [0.1, 0.15) is 46.8 Å². The second kappa shape index (κ2) is 11.3. The number of benzene rings is 5. The van der Waals surface area contributed by atoms with Crippen molar-refractivity contribution >= 4 is 29.1 Å². The number of hydrogen-bond acceptors (Lipinski definition) is 2. The highest BCUT2D eigenvalue weighted by molar-refractivity contribution is 6.08. The first-order valence-corrected chi connectivity index (χ1v) is 15.4. The maximum atomic E-state index is 4.77. The monoisotopic (exact) mass is 564 g/mol. The third-order valence-corrected chi connectivity index (χ3v) is 8.83. The number of nitrogens with zero attached hydrogens (tertiary/aromatic N) is 1. The lowest BCUT2D eigenvalue weighted by atomic mass is 9.94. The normalized spacial score (nSPS) is 17.7. The topological polar surface area (TPSA) is 24.4 Å². The van der Waals surface area contributed by atoms with Crippen LogP contribution in [-0.2, 0) is 0 Å². The van der Waals surface area contributed by atoms with Crippen LogP contribution < -0.4 is 5.32 Å². The number of nitrogens with one attached hydrogen (secondary N) is 1. The van der Waals surface area contributed by atoms with Gasteiger partial charge in [-0.15, -0.1) is 0 Å². The van der Waals surface area contributed by atoms with E-state index in [1.165, 1.54) is 55.7 Å². The van der Waals surface area contributed by atoms with Crippen molar-refractivity contribution in [1.29, 1.82) is 0 Å². The summed E-state index contributed by atoms with van der Waals surface area (Å²) in [5.41, 5.74) is 16.4. The molecule has 1 heterocycles. The Labute approximate surface area is 259 Å². The van der Waals surface area contributed by atoms with Gasteiger partial charge in [0.15, 0.2) is 0 Å². The zero-order valence-electron chi connectivity index (χ0n) is 24.4. The Kier molecular flexibility index (Phi) is 6.73. The lowest BCUT2D eigenvalue weighted by Gasteiger charge is -2.22. The summed E-state index contributed by atoms with van der Waals surface area (Å²) in [6.07, 6.45) is 13.0. The summed E-state index contributed by atoms with van der Waals surface area (Å²) in [4.78, 5) is 4.77. The first kappa shape index (κ1) is 26.2. The smallest absolute Gasteiger partial charge is 0.144 e. The van der Waals surface area contributed by atoms with Crippen molar-refractivity contribution in [3.8, 4) is 22.3 Å². The standard InChI is InChI=1S/C42H32N2/c1-2-9-30(10-3-1)31-21-23-32(24-22-31)34-11-8-12-35(28-34)41-25-26-43-42(44-41)33-19-17-29(18-20-33)27-40-38-15-6-4-13-36(38)37-14-5-7-16-39(37)40/h1-6,8-15,17-28,42,44H,7,16H2/b40-27-. The molecule has 1 unspecified atom stereocenters. The van der Waals surface area contributed by atoms with Crippen molar-refractivity contribution in [3.05, 3.63) is 179 Å². The van der Waals surface area contributed by atoms with Crippen molar-refractivity contribution in [2.24, 2.45) is 4.99 Å². The van der Waals surface area contributed by atoms with Crippen molar-refractivity contribution in [2.45, 2.75) is 19.0 Å². The van der Waals surface area contributed by atoms with Crippen LogP contribution in [0.15, 0.2) is 156 Å². The van der Waals surface area contributed by atoms with Crippen LogP contribution in [0.4, 0.5) is 0 Å². The van der Waals surface area contributed by atoms with Gasteiger partial charge in [0.2, 0.25) is 0 Å². The molecule has 2 heteroatoms. The number of aliphatic imine (C=N–C) groups is 1.